The maximum Gasteiger partial charge on any atom is 0.120 e. The van der Waals surface area contributed by atoms with E-state index in [9.17, 15) is 5.11 Å². The second-order valence-electron chi connectivity index (χ2n) is 4.93. The molecule has 0 saturated carbocycles. The van der Waals surface area contributed by atoms with Crippen LogP contribution in [-0.2, 0) is 11.3 Å². The summed E-state index contributed by atoms with van der Waals surface area (Å²) < 4.78 is 10.8. The number of nitrogens with zero attached hydrogens (tertiary/aromatic N) is 1. The number of likely N-dealkylation sites (tertiary alicyclic amines) is 1. The summed E-state index contributed by atoms with van der Waals surface area (Å²) in [5.74, 6) is 1.13. The number of methoxy groups -OCH3 is 1. The minimum Gasteiger partial charge on any atom is -0.508 e. The van der Waals surface area contributed by atoms with Gasteiger partial charge in [0, 0.05) is 31.8 Å². The predicted molar refractivity (Wildman–Crippen MR) is 74.6 cm³/mol. The second-order valence-corrected chi connectivity index (χ2v) is 4.93. The van der Waals surface area contributed by atoms with E-state index in [1.165, 1.54) is 0 Å². The van der Waals surface area contributed by atoms with E-state index in [2.05, 4.69) is 4.90 Å². The molecule has 1 N–H and O–H groups in total. The predicted octanol–water partition coefficient (Wildman–Crippen LogP) is 2.40. The number of aromatic hydroxyl groups is 1. The van der Waals surface area contributed by atoms with E-state index in [4.69, 9.17) is 9.47 Å². The third-order valence-electron chi connectivity index (χ3n) is 3.62. The number of benzene rings is 1. The SMILES string of the molecule is CCOC1CCN(Cc2cc(OC)ccc2O)CC1. The third-order valence-corrected chi connectivity index (χ3v) is 3.62. The lowest BCUT2D eigenvalue weighted by molar-refractivity contribution is 0.0124. The summed E-state index contributed by atoms with van der Waals surface area (Å²) in [5, 5.41) is 9.89. The molecular weight excluding hydrogens is 242 g/mol. The number of ether oxygens (including phenoxy) is 2. The molecule has 19 heavy (non-hydrogen) atoms. The van der Waals surface area contributed by atoms with Crippen LogP contribution in [0.2, 0.25) is 0 Å². The van der Waals surface area contributed by atoms with Gasteiger partial charge in [-0.25, -0.2) is 0 Å². The van der Waals surface area contributed by atoms with Gasteiger partial charge >= 0.3 is 0 Å². The molecule has 0 unspecified atom stereocenters. The average molecular weight is 265 g/mol. The van der Waals surface area contributed by atoms with Gasteiger partial charge in [-0.15, -0.1) is 0 Å². The molecule has 1 fully saturated rings. The molecule has 1 heterocycles. The Labute approximate surface area is 114 Å². The van der Waals surface area contributed by atoms with Crippen molar-refractivity contribution < 1.29 is 14.6 Å². The zero-order chi connectivity index (χ0) is 13.7. The molecule has 1 saturated heterocycles. The molecular formula is C15H23NO3. The van der Waals surface area contributed by atoms with Crippen LogP contribution in [-0.4, -0.2) is 42.9 Å². The first-order valence-electron chi connectivity index (χ1n) is 6.92. The molecule has 0 amide bonds. The summed E-state index contributed by atoms with van der Waals surface area (Å²) in [6, 6.07) is 5.38. The van der Waals surface area contributed by atoms with Gasteiger partial charge in [0.15, 0.2) is 0 Å². The van der Waals surface area contributed by atoms with Gasteiger partial charge in [0.1, 0.15) is 11.5 Å². The highest BCUT2D eigenvalue weighted by Crippen LogP contribution is 2.25. The lowest BCUT2D eigenvalue weighted by Crippen LogP contribution is -2.36. The van der Waals surface area contributed by atoms with Crippen LogP contribution in [0.1, 0.15) is 25.3 Å². The van der Waals surface area contributed by atoms with Crippen LogP contribution < -0.4 is 4.74 Å². The Kier molecular flexibility index (Phi) is 5.05. The Morgan fingerprint density at radius 1 is 1.32 bits per heavy atom. The van der Waals surface area contributed by atoms with Gasteiger partial charge in [-0.2, -0.15) is 0 Å². The molecule has 1 aliphatic rings. The van der Waals surface area contributed by atoms with E-state index in [0.717, 1.165) is 50.4 Å². The van der Waals surface area contributed by atoms with Gasteiger partial charge in [-0.3, -0.25) is 4.90 Å². The molecule has 0 atom stereocenters. The van der Waals surface area contributed by atoms with Crippen molar-refractivity contribution in [1.29, 1.82) is 0 Å². The van der Waals surface area contributed by atoms with Crippen molar-refractivity contribution >= 4 is 0 Å². The van der Waals surface area contributed by atoms with Gasteiger partial charge < -0.3 is 14.6 Å². The molecule has 2 rings (SSSR count). The summed E-state index contributed by atoms with van der Waals surface area (Å²) >= 11 is 0. The molecule has 1 aromatic carbocycles. The normalized spacial score (nSPS) is 17.6. The molecule has 0 radical (unpaired) electrons. The highest BCUT2D eigenvalue weighted by molar-refractivity contribution is 5.39. The fourth-order valence-corrected chi connectivity index (χ4v) is 2.53. The molecule has 1 aromatic rings. The van der Waals surface area contributed by atoms with Crippen LogP contribution in [0.3, 0.4) is 0 Å². The smallest absolute Gasteiger partial charge is 0.120 e. The third kappa shape index (κ3) is 3.85. The Morgan fingerprint density at radius 2 is 2.05 bits per heavy atom. The fourth-order valence-electron chi connectivity index (χ4n) is 2.53. The Hall–Kier alpha value is -1.26. The highest BCUT2D eigenvalue weighted by atomic mass is 16.5. The van der Waals surface area contributed by atoms with E-state index < -0.39 is 0 Å². The first-order chi connectivity index (χ1) is 9.22. The van der Waals surface area contributed by atoms with Crippen molar-refractivity contribution in [3.05, 3.63) is 23.8 Å². The van der Waals surface area contributed by atoms with Gasteiger partial charge in [-0.05, 0) is 38.0 Å². The number of phenols is 1. The molecule has 0 aliphatic carbocycles. The fraction of sp³-hybridized carbons (Fsp3) is 0.600. The monoisotopic (exact) mass is 265 g/mol. The van der Waals surface area contributed by atoms with Gasteiger partial charge in [0.2, 0.25) is 0 Å². The van der Waals surface area contributed by atoms with E-state index in [-0.39, 0.29) is 0 Å². The zero-order valence-electron chi connectivity index (χ0n) is 11.8. The largest absolute Gasteiger partial charge is 0.508 e. The first-order valence-corrected chi connectivity index (χ1v) is 6.92. The summed E-state index contributed by atoms with van der Waals surface area (Å²) in [6.07, 6.45) is 2.54. The first kappa shape index (κ1) is 14.2. The maximum atomic E-state index is 9.89. The Balaban J connectivity index is 1.91. The molecule has 106 valence electrons. The van der Waals surface area contributed by atoms with Crippen molar-refractivity contribution in [3.63, 3.8) is 0 Å². The average Bonchev–Trinajstić information content (AvgIpc) is 2.44. The maximum absolute atomic E-state index is 9.89. The Bertz CT molecular complexity index is 400. The van der Waals surface area contributed by atoms with Crippen molar-refractivity contribution in [2.24, 2.45) is 0 Å². The van der Waals surface area contributed by atoms with Crippen molar-refractivity contribution in [2.45, 2.75) is 32.4 Å². The van der Waals surface area contributed by atoms with Crippen LogP contribution in [0.15, 0.2) is 18.2 Å². The van der Waals surface area contributed by atoms with Crippen molar-refractivity contribution in [3.8, 4) is 11.5 Å². The van der Waals surface area contributed by atoms with Crippen LogP contribution in [0.25, 0.3) is 0 Å². The van der Waals surface area contributed by atoms with E-state index >= 15 is 0 Å². The summed E-state index contributed by atoms with van der Waals surface area (Å²) in [4.78, 5) is 2.35. The number of hydrogen-bond donors (Lipinski definition) is 1. The van der Waals surface area contributed by atoms with Crippen LogP contribution in [0.5, 0.6) is 11.5 Å². The quantitative estimate of drug-likeness (QED) is 0.887. The van der Waals surface area contributed by atoms with E-state index in [1.54, 1.807) is 19.2 Å². The van der Waals surface area contributed by atoms with Crippen LogP contribution in [0, 0.1) is 0 Å². The molecule has 0 aromatic heterocycles. The summed E-state index contributed by atoms with van der Waals surface area (Å²) in [6.45, 7) is 5.63. The molecule has 4 nitrogen and oxygen atoms in total. The lowest BCUT2D eigenvalue weighted by Gasteiger charge is -2.31. The van der Waals surface area contributed by atoms with E-state index in [1.807, 2.05) is 13.0 Å². The van der Waals surface area contributed by atoms with Gasteiger partial charge in [0.25, 0.3) is 0 Å². The number of rotatable bonds is 5. The summed E-state index contributed by atoms with van der Waals surface area (Å²) in [5.41, 5.74) is 0.925. The Morgan fingerprint density at radius 3 is 2.68 bits per heavy atom. The molecule has 0 bridgehead atoms. The molecule has 1 aliphatic heterocycles. The molecule has 0 spiro atoms. The summed E-state index contributed by atoms with van der Waals surface area (Å²) in [7, 11) is 1.64. The minimum absolute atomic E-state index is 0.340. The number of hydrogen-bond acceptors (Lipinski definition) is 4. The zero-order valence-corrected chi connectivity index (χ0v) is 11.8. The molecule has 4 heteroatoms. The topological polar surface area (TPSA) is 41.9 Å². The lowest BCUT2D eigenvalue weighted by atomic mass is 10.1. The standard InChI is InChI=1S/C15H23NO3/c1-3-19-13-6-8-16(9-7-13)11-12-10-14(18-2)4-5-15(12)17/h4-5,10,13,17H,3,6-9,11H2,1-2H3. The highest BCUT2D eigenvalue weighted by Gasteiger charge is 2.20. The van der Waals surface area contributed by atoms with Gasteiger partial charge in [0.05, 0.1) is 13.2 Å². The number of piperidine rings is 1. The minimum atomic E-state index is 0.340. The van der Waals surface area contributed by atoms with E-state index in [0.29, 0.717) is 11.9 Å². The van der Waals surface area contributed by atoms with Crippen molar-refractivity contribution in [1.82, 2.24) is 4.90 Å². The second kappa shape index (κ2) is 6.78. The van der Waals surface area contributed by atoms with Crippen molar-refractivity contribution in [2.75, 3.05) is 26.8 Å². The van der Waals surface area contributed by atoms with Crippen LogP contribution in [0.4, 0.5) is 0 Å². The van der Waals surface area contributed by atoms with Crippen LogP contribution >= 0.6 is 0 Å². The van der Waals surface area contributed by atoms with Gasteiger partial charge in [-0.1, -0.05) is 0 Å². The number of phenolic OH excluding ortho intramolecular Hbond substituents is 1.